The summed E-state index contributed by atoms with van der Waals surface area (Å²) in [5, 5.41) is 4.49. The van der Waals surface area contributed by atoms with Crippen LogP contribution in [0.2, 0.25) is 0 Å². The fraction of sp³-hybridized carbons (Fsp3) is 0.143. The minimum atomic E-state index is -0.00753. The molecule has 1 N–H and O–H groups in total. The molecule has 0 fully saturated rings. The lowest BCUT2D eigenvalue weighted by Gasteiger charge is -2.03. The van der Waals surface area contributed by atoms with E-state index in [-0.39, 0.29) is 5.91 Å². The Morgan fingerprint density at radius 3 is 2.61 bits per heavy atom. The molecular formula is C14H13NO2S. The van der Waals surface area contributed by atoms with Gasteiger partial charge in [0, 0.05) is 12.6 Å². The van der Waals surface area contributed by atoms with E-state index in [9.17, 15) is 9.59 Å². The summed E-state index contributed by atoms with van der Waals surface area (Å²) in [6.45, 7) is 0. The molecule has 0 radical (unpaired) electrons. The quantitative estimate of drug-likeness (QED) is 0.858. The number of carbonyl (C=O) groups excluding carboxylic acids is 2. The maximum atomic E-state index is 11.2. The van der Waals surface area contributed by atoms with Crippen LogP contribution in [-0.4, -0.2) is 19.2 Å². The Morgan fingerprint density at radius 2 is 2.00 bits per heavy atom. The van der Waals surface area contributed by atoms with Gasteiger partial charge >= 0.3 is 0 Å². The van der Waals surface area contributed by atoms with Crippen LogP contribution in [0.1, 0.15) is 15.2 Å². The molecule has 1 heterocycles. The first-order chi connectivity index (χ1) is 8.74. The van der Waals surface area contributed by atoms with Crippen molar-refractivity contribution in [3.05, 3.63) is 46.2 Å². The van der Waals surface area contributed by atoms with E-state index in [0.717, 1.165) is 27.9 Å². The lowest BCUT2D eigenvalue weighted by atomic mass is 10.0. The second-order valence-corrected chi connectivity index (χ2v) is 4.81. The molecular weight excluding hydrogens is 246 g/mol. The Labute approximate surface area is 109 Å². The Balaban J connectivity index is 2.22. The molecule has 1 aromatic heterocycles. The van der Waals surface area contributed by atoms with Crippen LogP contribution in [0, 0.1) is 0 Å². The molecule has 0 unspecified atom stereocenters. The molecule has 1 aromatic carbocycles. The van der Waals surface area contributed by atoms with Crippen molar-refractivity contribution in [1.82, 2.24) is 5.32 Å². The number of rotatable bonds is 4. The van der Waals surface area contributed by atoms with Gasteiger partial charge in [0.1, 0.15) is 0 Å². The maximum Gasteiger partial charge on any atom is 0.224 e. The molecule has 1 amide bonds. The smallest absolute Gasteiger partial charge is 0.224 e. The topological polar surface area (TPSA) is 46.2 Å². The molecule has 0 aliphatic heterocycles. The van der Waals surface area contributed by atoms with Gasteiger partial charge in [-0.05, 0) is 22.6 Å². The van der Waals surface area contributed by atoms with Gasteiger partial charge in [0.25, 0.3) is 0 Å². The van der Waals surface area contributed by atoms with Gasteiger partial charge in [-0.3, -0.25) is 9.59 Å². The van der Waals surface area contributed by atoms with Crippen molar-refractivity contribution in [1.29, 1.82) is 0 Å². The molecule has 0 aliphatic carbocycles. The number of aldehydes is 1. The molecule has 0 saturated carbocycles. The normalized spacial score (nSPS) is 10.1. The fourth-order valence-corrected chi connectivity index (χ4v) is 2.45. The van der Waals surface area contributed by atoms with Crippen molar-refractivity contribution in [2.75, 3.05) is 7.05 Å². The monoisotopic (exact) mass is 259 g/mol. The van der Waals surface area contributed by atoms with Crippen LogP contribution in [-0.2, 0) is 11.2 Å². The standard InChI is InChI=1S/C14H13NO2S/c1-15-14(17)8-10-2-4-11(5-3-10)12-6-7-18-13(12)9-16/h2-7,9H,8H2,1H3,(H,15,17). The van der Waals surface area contributed by atoms with E-state index in [1.807, 2.05) is 35.7 Å². The molecule has 2 aromatic rings. The highest BCUT2D eigenvalue weighted by Gasteiger charge is 2.06. The van der Waals surface area contributed by atoms with Crippen molar-refractivity contribution in [3.8, 4) is 11.1 Å². The average Bonchev–Trinajstić information content (AvgIpc) is 2.87. The summed E-state index contributed by atoms with van der Waals surface area (Å²) in [5.41, 5.74) is 2.90. The third-order valence-electron chi connectivity index (χ3n) is 2.71. The number of hydrogen-bond donors (Lipinski definition) is 1. The molecule has 0 spiro atoms. The Kier molecular flexibility index (Phi) is 3.89. The largest absolute Gasteiger partial charge is 0.359 e. The Hall–Kier alpha value is -1.94. The second kappa shape index (κ2) is 5.60. The zero-order valence-corrected chi connectivity index (χ0v) is 10.8. The maximum absolute atomic E-state index is 11.2. The third kappa shape index (κ3) is 2.65. The Bertz CT molecular complexity index is 557. The first-order valence-electron chi connectivity index (χ1n) is 5.57. The predicted molar refractivity (Wildman–Crippen MR) is 72.9 cm³/mol. The van der Waals surface area contributed by atoms with E-state index in [4.69, 9.17) is 0 Å². The Morgan fingerprint density at radius 1 is 1.28 bits per heavy atom. The van der Waals surface area contributed by atoms with Gasteiger partial charge in [-0.15, -0.1) is 11.3 Å². The average molecular weight is 259 g/mol. The molecule has 0 atom stereocenters. The van der Waals surface area contributed by atoms with E-state index in [2.05, 4.69) is 5.32 Å². The third-order valence-corrected chi connectivity index (χ3v) is 3.55. The van der Waals surface area contributed by atoms with E-state index in [0.29, 0.717) is 6.42 Å². The van der Waals surface area contributed by atoms with Crippen molar-refractivity contribution >= 4 is 23.5 Å². The first-order valence-corrected chi connectivity index (χ1v) is 6.45. The number of thiophene rings is 1. The van der Waals surface area contributed by atoms with Crippen molar-refractivity contribution in [2.45, 2.75) is 6.42 Å². The summed E-state index contributed by atoms with van der Waals surface area (Å²) >= 11 is 1.43. The highest BCUT2D eigenvalue weighted by molar-refractivity contribution is 7.12. The number of likely N-dealkylation sites (N-methyl/N-ethyl adjacent to an activating group) is 1. The summed E-state index contributed by atoms with van der Waals surface area (Å²) in [4.78, 5) is 22.8. The highest BCUT2D eigenvalue weighted by atomic mass is 32.1. The number of benzene rings is 1. The molecule has 0 aliphatic rings. The fourth-order valence-electron chi connectivity index (χ4n) is 1.73. The first kappa shape index (κ1) is 12.5. The van der Waals surface area contributed by atoms with Crippen LogP contribution in [0.15, 0.2) is 35.7 Å². The summed E-state index contributed by atoms with van der Waals surface area (Å²) in [7, 11) is 1.62. The van der Waals surface area contributed by atoms with Crippen molar-refractivity contribution in [3.63, 3.8) is 0 Å². The molecule has 2 rings (SSSR count). The van der Waals surface area contributed by atoms with Crippen molar-refractivity contribution < 1.29 is 9.59 Å². The van der Waals surface area contributed by atoms with E-state index in [1.165, 1.54) is 11.3 Å². The summed E-state index contributed by atoms with van der Waals surface area (Å²) < 4.78 is 0. The number of nitrogens with one attached hydrogen (secondary N) is 1. The molecule has 3 nitrogen and oxygen atoms in total. The SMILES string of the molecule is CNC(=O)Cc1ccc(-c2ccsc2C=O)cc1. The van der Waals surface area contributed by atoms with Crippen LogP contribution < -0.4 is 5.32 Å². The summed E-state index contributed by atoms with van der Waals surface area (Å²) in [6, 6.07) is 9.64. The van der Waals surface area contributed by atoms with Crippen LogP contribution in [0.3, 0.4) is 0 Å². The van der Waals surface area contributed by atoms with Gasteiger partial charge in [-0.25, -0.2) is 0 Å². The predicted octanol–water partition coefficient (Wildman–Crippen LogP) is 2.52. The van der Waals surface area contributed by atoms with Gasteiger partial charge < -0.3 is 5.32 Å². The molecule has 0 saturated heterocycles. The van der Waals surface area contributed by atoms with Gasteiger partial charge in [0.05, 0.1) is 11.3 Å². The number of hydrogen-bond acceptors (Lipinski definition) is 3. The summed E-state index contributed by atoms with van der Waals surface area (Å²) in [6.07, 6.45) is 1.25. The highest BCUT2D eigenvalue weighted by Crippen LogP contribution is 2.27. The van der Waals surface area contributed by atoms with E-state index < -0.39 is 0 Å². The van der Waals surface area contributed by atoms with Gasteiger partial charge in [-0.2, -0.15) is 0 Å². The molecule has 92 valence electrons. The number of amides is 1. The zero-order chi connectivity index (χ0) is 13.0. The van der Waals surface area contributed by atoms with Gasteiger partial charge in [0.2, 0.25) is 5.91 Å². The molecule has 18 heavy (non-hydrogen) atoms. The zero-order valence-electron chi connectivity index (χ0n) is 9.97. The number of carbonyl (C=O) groups is 2. The summed E-state index contributed by atoms with van der Waals surface area (Å²) in [5.74, 6) is -0.00753. The van der Waals surface area contributed by atoms with Crippen LogP contribution in [0.25, 0.3) is 11.1 Å². The van der Waals surface area contributed by atoms with Crippen LogP contribution >= 0.6 is 11.3 Å². The van der Waals surface area contributed by atoms with Crippen molar-refractivity contribution in [2.24, 2.45) is 0 Å². The van der Waals surface area contributed by atoms with Crippen LogP contribution in [0.4, 0.5) is 0 Å². The van der Waals surface area contributed by atoms with Crippen LogP contribution in [0.5, 0.6) is 0 Å². The lowest BCUT2D eigenvalue weighted by Crippen LogP contribution is -2.19. The van der Waals surface area contributed by atoms with Gasteiger partial charge in [0.15, 0.2) is 6.29 Å². The molecule has 0 bridgehead atoms. The minimum Gasteiger partial charge on any atom is -0.359 e. The van der Waals surface area contributed by atoms with E-state index in [1.54, 1.807) is 7.05 Å². The molecule has 4 heteroatoms. The second-order valence-electron chi connectivity index (χ2n) is 3.86. The lowest BCUT2D eigenvalue weighted by molar-refractivity contribution is -0.119. The van der Waals surface area contributed by atoms with Gasteiger partial charge in [-0.1, -0.05) is 24.3 Å². The van der Waals surface area contributed by atoms with E-state index >= 15 is 0 Å². The minimum absolute atomic E-state index is 0.00753.